The highest BCUT2D eigenvalue weighted by Crippen LogP contribution is 2.30. The Hall–Kier alpha value is -1.11. The maximum atomic E-state index is 12.3. The molecule has 1 saturated carbocycles. The lowest BCUT2D eigenvalue weighted by Gasteiger charge is -2.18. The third-order valence-corrected chi connectivity index (χ3v) is 4.90. The van der Waals surface area contributed by atoms with Crippen molar-refractivity contribution in [2.75, 3.05) is 13.6 Å². The summed E-state index contributed by atoms with van der Waals surface area (Å²) in [5.74, 6) is 0.344. The van der Waals surface area contributed by atoms with E-state index in [9.17, 15) is 13.2 Å². The number of rotatable bonds is 4. The molecule has 2 rings (SSSR count). The molecule has 1 fully saturated rings. The minimum atomic E-state index is -3.95. The fraction of sp³-hybridized carbons (Fsp3) is 0.462. The highest BCUT2D eigenvalue weighted by molar-refractivity contribution is 7.89. The van der Waals surface area contributed by atoms with E-state index in [1.807, 2.05) is 0 Å². The average Bonchev–Trinajstić information content (AvgIpc) is 3.13. The van der Waals surface area contributed by atoms with Gasteiger partial charge in [-0.3, -0.25) is 4.79 Å². The molecule has 1 amide bonds. The van der Waals surface area contributed by atoms with Crippen LogP contribution in [0.15, 0.2) is 17.0 Å². The lowest BCUT2D eigenvalue weighted by molar-refractivity contribution is 0.0788. The molecular weight excluding hydrogens is 300 g/mol. The summed E-state index contributed by atoms with van der Waals surface area (Å²) in [4.78, 5) is 13.7. The van der Waals surface area contributed by atoms with Crippen molar-refractivity contribution in [3.8, 4) is 0 Å². The maximum absolute atomic E-state index is 12.3. The number of aryl methyl sites for hydroxylation is 1. The summed E-state index contributed by atoms with van der Waals surface area (Å²) < 4.78 is 23.0. The van der Waals surface area contributed by atoms with Crippen LogP contribution >= 0.6 is 11.6 Å². The Morgan fingerprint density at radius 1 is 1.45 bits per heavy atom. The fourth-order valence-electron chi connectivity index (χ4n) is 2.06. The summed E-state index contributed by atoms with van der Waals surface area (Å²) in [6, 6.07) is 2.83. The number of carbonyl (C=O) groups is 1. The molecule has 0 aliphatic heterocycles. The second kappa shape index (κ2) is 5.35. The lowest BCUT2D eigenvalue weighted by Crippen LogP contribution is -2.29. The van der Waals surface area contributed by atoms with Gasteiger partial charge in [0, 0.05) is 19.2 Å². The first-order chi connectivity index (χ1) is 9.20. The predicted octanol–water partition coefficient (Wildman–Crippen LogP) is 1.78. The summed E-state index contributed by atoms with van der Waals surface area (Å²) in [5.41, 5.74) is 0.806. The van der Waals surface area contributed by atoms with Gasteiger partial charge in [0.05, 0.1) is 5.02 Å². The lowest BCUT2D eigenvalue weighted by atomic mass is 10.1. The maximum Gasteiger partial charge on any atom is 0.253 e. The van der Waals surface area contributed by atoms with E-state index in [4.69, 9.17) is 16.7 Å². The normalized spacial score (nSPS) is 15.2. The van der Waals surface area contributed by atoms with E-state index < -0.39 is 10.0 Å². The minimum absolute atomic E-state index is 0.0638. The van der Waals surface area contributed by atoms with Crippen molar-refractivity contribution < 1.29 is 13.2 Å². The molecule has 0 unspecified atom stereocenters. The zero-order chi connectivity index (χ0) is 15.1. The first-order valence-corrected chi connectivity index (χ1v) is 8.21. The Morgan fingerprint density at radius 3 is 2.55 bits per heavy atom. The number of hydrogen-bond acceptors (Lipinski definition) is 3. The Bertz CT molecular complexity index is 654. The van der Waals surface area contributed by atoms with Gasteiger partial charge in [-0.1, -0.05) is 11.6 Å². The molecule has 0 radical (unpaired) electrons. The molecule has 110 valence electrons. The van der Waals surface area contributed by atoms with Gasteiger partial charge in [0.2, 0.25) is 10.0 Å². The van der Waals surface area contributed by atoms with Gasteiger partial charge in [-0.2, -0.15) is 0 Å². The van der Waals surface area contributed by atoms with Crippen LogP contribution < -0.4 is 5.14 Å². The van der Waals surface area contributed by atoms with E-state index in [-0.39, 0.29) is 15.8 Å². The molecule has 0 heterocycles. The van der Waals surface area contributed by atoms with Crippen LogP contribution in [-0.2, 0) is 10.0 Å². The second-order valence-electron chi connectivity index (χ2n) is 5.28. The molecule has 2 N–H and O–H groups in total. The highest BCUT2D eigenvalue weighted by atomic mass is 35.5. The molecule has 1 aliphatic carbocycles. The van der Waals surface area contributed by atoms with Gasteiger partial charge in [-0.25, -0.2) is 13.6 Å². The van der Waals surface area contributed by atoms with Crippen LogP contribution in [-0.4, -0.2) is 32.8 Å². The smallest absolute Gasteiger partial charge is 0.253 e. The van der Waals surface area contributed by atoms with Gasteiger partial charge in [0.1, 0.15) is 4.90 Å². The van der Waals surface area contributed by atoms with Gasteiger partial charge >= 0.3 is 0 Å². The number of nitrogens with two attached hydrogens (primary N) is 1. The van der Waals surface area contributed by atoms with Crippen LogP contribution in [0.2, 0.25) is 5.02 Å². The third-order valence-electron chi connectivity index (χ3n) is 3.35. The standard InChI is InChI=1S/C13H17ClN2O3S/c1-8-5-10(6-11(12(8)14)20(15,18)19)13(17)16(2)7-9-3-4-9/h5-6,9H,3-4,7H2,1-2H3,(H2,15,18,19). The molecule has 5 nitrogen and oxygen atoms in total. The Balaban J connectivity index is 2.36. The van der Waals surface area contributed by atoms with Gasteiger partial charge in [-0.15, -0.1) is 0 Å². The molecule has 1 aromatic carbocycles. The molecule has 1 aliphatic rings. The fourth-order valence-corrected chi connectivity index (χ4v) is 3.19. The van der Waals surface area contributed by atoms with Crippen LogP contribution in [0.4, 0.5) is 0 Å². The number of sulfonamides is 1. The molecule has 0 aromatic heterocycles. The summed E-state index contributed by atoms with van der Waals surface area (Å²) in [7, 11) is -2.24. The van der Waals surface area contributed by atoms with E-state index >= 15 is 0 Å². The first-order valence-electron chi connectivity index (χ1n) is 6.28. The number of primary sulfonamides is 1. The van der Waals surface area contributed by atoms with Crippen LogP contribution in [0, 0.1) is 12.8 Å². The summed E-state index contributed by atoms with van der Waals surface area (Å²) in [6.07, 6.45) is 2.28. The SMILES string of the molecule is Cc1cc(C(=O)N(C)CC2CC2)cc(S(N)(=O)=O)c1Cl. The van der Waals surface area contributed by atoms with E-state index in [0.29, 0.717) is 23.6 Å². The largest absolute Gasteiger partial charge is 0.341 e. The number of nitrogens with zero attached hydrogens (tertiary/aromatic N) is 1. The molecule has 0 spiro atoms. The van der Waals surface area contributed by atoms with Crippen molar-refractivity contribution in [3.05, 3.63) is 28.3 Å². The van der Waals surface area contributed by atoms with E-state index in [2.05, 4.69) is 0 Å². The number of hydrogen-bond donors (Lipinski definition) is 1. The minimum Gasteiger partial charge on any atom is -0.341 e. The van der Waals surface area contributed by atoms with Gasteiger partial charge < -0.3 is 4.90 Å². The Kier molecular flexibility index (Phi) is 4.09. The third kappa shape index (κ3) is 3.31. The Labute approximate surface area is 123 Å². The van der Waals surface area contributed by atoms with Crippen molar-refractivity contribution in [2.45, 2.75) is 24.7 Å². The van der Waals surface area contributed by atoms with Crippen LogP contribution in [0.25, 0.3) is 0 Å². The van der Waals surface area contributed by atoms with Crippen molar-refractivity contribution >= 4 is 27.5 Å². The average molecular weight is 317 g/mol. The van der Waals surface area contributed by atoms with E-state index in [1.54, 1.807) is 24.9 Å². The van der Waals surface area contributed by atoms with Crippen molar-refractivity contribution in [1.29, 1.82) is 0 Å². The van der Waals surface area contributed by atoms with E-state index in [0.717, 1.165) is 12.8 Å². The first kappa shape index (κ1) is 15.3. The molecule has 1 aromatic rings. The van der Waals surface area contributed by atoms with Crippen molar-refractivity contribution in [2.24, 2.45) is 11.1 Å². The van der Waals surface area contributed by atoms with Crippen LogP contribution in [0.3, 0.4) is 0 Å². The van der Waals surface area contributed by atoms with E-state index in [1.165, 1.54) is 6.07 Å². The molecule has 7 heteroatoms. The Morgan fingerprint density at radius 2 is 2.05 bits per heavy atom. The van der Waals surface area contributed by atoms with Crippen LogP contribution in [0.5, 0.6) is 0 Å². The molecule has 0 bridgehead atoms. The highest BCUT2D eigenvalue weighted by Gasteiger charge is 2.26. The molecule has 20 heavy (non-hydrogen) atoms. The quantitative estimate of drug-likeness (QED) is 0.919. The number of halogens is 1. The zero-order valence-electron chi connectivity index (χ0n) is 11.4. The topological polar surface area (TPSA) is 80.5 Å². The molecular formula is C13H17ClN2O3S. The van der Waals surface area contributed by atoms with Crippen molar-refractivity contribution in [1.82, 2.24) is 4.90 Å². The predicted molar refractivity (Wildman–Crippen MR) is 77.2 cm³/mol. The second-order valence-corrected chi connectivity index (χ2v) is 7.19. The monoisotopic (exact) mass is 316 g/mol. The number of carbonyl (C=O) groups excluding carboxylic acids is 1. The molecule has 0 atom stereocenters. The summed E-state index contributed by atoms with van der Waals surface area (Å²) >= 11 is 5.94. The van der Waals surface area contributed by atoms with Crippen LogP contribution in [0.1, 0.15) is 28.8 Å². The van der Waals surface area contributed by atoms with Crippen molar-refractivity contribution in [3.63, 3.8) is 0 Å². The number of amides is 1. The zero-order valence-corrected chi connectivity index (χ0v) is 13.0. The van der Waals surface area contributed by atoms with Gasteiger partial charge in [0.25, 0.3) is 5.91 Å². The summed E-state index contributed by atoms with van der Waals surface area (Å²) in [5, 5.41) is 5.19. The summed E-state index contributed by atoms with van der Waals surface area (Å²) in [6.45, 7) is 2.33. The number of benzene rings is 1. The molecule has 0 saturated heterocycles. The van der Waals surface area contributed by atoms with Gasteiger partial charge in [0.15, 0.2) is 0 Å². The van der Waals surface area contributed by atoms with Gasteiger partial charge in [-0.05, 0) is 43.4 Å².